The van der Waals surface area contributed by atoms with Gasteiger partial charge in [-0.3, -0.25) is 0 Å². The fourth-order valence-electron chi connectivity index (χ4n) is 3.10. The number of nitrogens with two attached hydrogens (primary N) is 1. The van der Waals surface area contributed by atoms with Gasteiger partial charge in [0.15, 0.2) is 11.7 Å². The molecule has 4 aromatic rings. The van der Waals surface area contributed by atoms with Gasteiger partial charge in [-0.15, -0.1) is 0 Å². The molecule has 0 spiro atoms. The smallest absolute Gasteiger partial charge is 0.238 e. The Bertz CT molecular complexity index is 1250. The van der Waals surface area contributed by atoms with Crippen LogP contribution in [0.25, 0.3) is 22.6 Å². The summed E-state index contributed by atoms with van der Waals surface area (Å²) in [6, 6.07) is 21.7. The van der Waals surface area contributed by atoms with Crippen LogP contribution in [-0.4, -0.2) is 13.4 Å². The molecule has 1 aromatic heterocycles. The number of hydrogen-bond donors (Lipinski definition) is 1. The number of halogens is 1. The quantitative estimate of drug-likeness (QED) is 0.531. The van der Waals surface area contributed by atoms with Crippen molar-refractivity contribution in [3.8, 4) is 22.6 Å². The third kappa shape index (κ3) is 4.11. The predicted molar refractivity (Wildman–Crippen MR) is 108 cm³/mol. The molecule has 4 rings (SSSR count). The number of rotatable bonds is 5. The Morgan fingerprint density at radius 3 is 2.24 bits per heavy atom. The van der Waals surface area contributed by atoms with Crippen LogP contribution in [0.4, 0.5) is 4.39 Å². The Labute approximate surface area is 167 Å². The summed E-state index contributed by atoms with van der Waals surface area (Å²) < 4.78 is 43.6. The second-order valence-corrected chi connectivity index (χ2v) is 8.03. The minimum atomic E-state index is -3.98. The SMILES string of the molecule is NS(=O)(=O)c1ccccc1-c1oc(Cc2ccccc2)nc1-c1ccc(F)cc1. The van der Waals surface area contributed by atoms with E-state index in [2.05, 4.69) is 4.98 Å². The van der Waals surface area contributed by atoms with Crippen LogP contribution in [0.2, 0.25) is 0 Å². The molecule has 0 aliphatic heterocycles. The summed E-state index contributed by atoms with van der Waals surface area (Å²) >= 11 is 0. The van der Waals surface area contributed by atoms with Crippen LogP contribution in [0.1, 0.15) is 11.5 Å². The van der Waals surface area contributed by atoms with Crippen LogP contribution >= 0.6 is 0 Å². The second kappa shape index (κ2) is 7.62. The molecule has 29 heavy (non-hydrogen) atoms. The van der Waals surface area contributed by atoms with Crippen molar-refractivity contribution < 1.29 is 17.2 Å². The van der Waals surface area contributed by atoms with Crippen LogP contribution in [0, 0.1) is 5.82 Å². The van der Waals surface area contributed by atoms with E-state index in [1.807, 2.05) is 30.3 Å². The minimum Gasteiger partial charge on any atom is -0.440 e. The number of aromatic nitrogens is 1. The highest BCUT2D eigenvalue weighted by Crippen LogP contribution is 2.36. The van der Waals surface area contributed by atoms with Crippen molar-refractivity contribution in [3.05, 3.63) is 96.1 Å². The molecule has 0 fully saturated rings. The van der Waals surface area contributed by atoms with Crippen LogP contribution < -0.4 is 5.14 Å². The van der Waals surface area contributed by atoms with Crippen molar-refractivity contribution in [3.63, 3.8) is 0 Å². The van der Waals surface area contributed by atoms with Crippen LogP contribution in [0.15, 0.2) is 88.2 Å². The summed E-state index contributed by atoms with van der Waals surface area (Å²) in [5, 5.41) is 5.39. The van der Waals surface area contributed by atoms with Crippen molar-refractivity contribution in [1.29, 1.82) is 0 Å². The number of oxazole rings is 1. The lowest BCUT2D eigenvalue weighted by Crippen LogP contribution is -2.13. The van der Waals surface area contributed by atoms with Crippen LogP contribution in [0.5, 0.6) is 0 Å². The summed E-state index contributed by atoms with van der Waals surface area (Å²) in [6.07, 6.45) is 0.423. The fourth-order valence-corrected chi connectivity index (χ4v) is 3.83. The third-order valence-corrected chi connectivity index (χ3v) is 5.39. The van der Waals surface area contributed by atoms with Crippen molar-refractivity contribution in [1.82, 2.24) is 4.98 Å². The Hall–Kier alpha value is -3.29. The average molecular weight is 408 g/mol. The highest BCUT2D eigenvalue weighted by Gasteiger charge is 2.23. The topological polar surface area (TPSA) is 86.2 Å². The van der Waals surface area contributed by atoms with Crippen LogP contribution in [0.3, 0.4) is 0 Å². The zero-order chi connectivity index (χ0) is 20.4. The molecule has 0 amide bonds. The van der Waals surface area contributed by atoms with Crippen molar-refractivity contribution in [2.45, 2.75) is 11.3 Å². The summed E-state index contributed by atoms with van der Waals surface area (Å²) in [5.74, 6) is 0.301. The van der Waals surface area contributed by atoms with E-state index < -0.39 is 10.0 Å². The largest absolute Gasteiger partial charge is 0.440 e. The molecule has 0 unspecified atom stereocenters. The number of hydrogen-bond acceptors (Lipinski definition) is 4. The van der Waals surface area contributed by atoms with Gasteiger partial charge < -0.3 is 4.42 Å². The van der Waals surface area contributed by atoms with E-state index >= 15 is 0 Å². The Balaban J connectivity index is 1.89. The van der Waals surface area contributed by atoms with Crippen molar-refractivity contribution in [2.75, 3.05) is 0 Å². The zero-order valence-corrected chi connectivity index (χ0v) is 16.1. The first-order chi connectivity index (χ1) is 13.9. The molecule has 146 valence electrons. The summed E-state index contributed by atoms with van der Waals surface area (Å²) in [4.78, 5) is 4.52. The van der Waals surface area contributed by atoms with E-state index in [4.69, 9.17) is 9.56 Å². The minimum absolute atomic E-state index is 0.0641. The number of nitrogens with zero attached hydrogens (tertiary/aromatic N) is 1. The molecule has 3 aromatic carbocycles. The molecule has 0 aliphatic rings. The van der Waals surface area contributed by atoms with Gasteiger partial charge in [-0.05, 0) is 42.0 Å². The lowest BCUT2D eigenvalue weighted by molar-refractivity contribution is 0.518. The molecule has 0 aliphatic carbocycles. The van der Waals surface area contributed by atoms with Gasteiger partial charge in [-0.2, -0.15) is 0 Å². The maximum Gasteiger partial charge on any atom is 0.238 e. The normalized spacial score (nSPS) is 11.5. The van der Waals surface area contributed by atoms with E-state index in [9.17, 15) is 12.8 Å². The summed E-state index contributed by atoms with van der Waals surface area (Å²) in [5.41, 5.74) is 2.33. The Morgan fingerprint density at radius 2 is 1.55 bits per heavy atom. The van der Waals surface area contributed by atoms with E-state index in [1.165, 1.54) is 18.2 Å². The average Bonchev–Trinajstić information content (AvgIpc) is 3.12. The molecular weight excluding hydrogens is 391 g/mol. The van der Waals surface area contributed by atoms with Crippen molar-refractivity contribution >= 4 is 10.0 Å². The van der Waals surface area contributed by atoms with E-state index in [1.54, 1.807) is 30.3 Å². The third-order valence-electron chi connectivity index (χ3n) is 4.43. The molecule has 7 heteroatoms. The summed E-state index contributed by atoms with van der Waals surface area (Å²) in [6.45, 7) is 0. The van der Waals surface area contributed by atoms with E-state index in [0.29, 0.717) is 29.1 Å². The Morgan fingerprint density at radius 1 is 0.897 bits per heavy atom. The molecule has 0 saturated heterocycles. The number of benzene rings is 3. The first-order valence-electron chi connectivity index (χ1n) is 8.83. The molecule has 0 radical (unpaired) electrons. The molecule has 0 bridgehead atoms. The molecule has 2 N–H and O–H groups in total. The summed E-state index contributed by atoms with van der Waals surface area (Å²) in [7, 11) is -3.98. The van der Waals surface area contributed by atoms with Crippen molar-refractivity contribution in [2.24, 2.45) is 5.14 Å². The highest BCUT2D eigenvalue weighted by atomic mass is 32.2. The number of sulfonamides is 1. The fraction of sp³-hybridized carbons (Fsp3) is 0.0455. The lowest BCUT2D eigenvalue weighted by atomic mass is 10.1. The van der Waals surface area contributed by atoms with Gasteiger partial charge in [0.25, 0.3) is 0 Å². The first-order valence-corrected chi connectivity index (χ1v) is 10.4. The highest BCUT2D eigenvalue weighted by molar-refractivity contribution is 7.89. The van der Waals surface area contributed by atoms with Gasteiger partial charge in [0.05, 0.1) is 4.90 Å². The van der Waals surface area contributed by atoms with Gasteiger partial charge in [-0.25, -0.2) is 22.9 Å². The molecular formula is C22H17FN2O3S. The molecule has 5 nitrogen and oxygen atoms in total. The Kier molecular flexibility index (Phi) is 5.00. The van der Waals surface area contributed by atoms with Gasteiger partial charge in [0.2, 0.25) is 10.0 Å². The first kappa shape index (κ1) is 19.0. The number of primary sulfonamides is 1. The van der Waals surface area contributed by atoms with Gasteiger partial charge in [0, 0.05) is 17.5 Å². The monoisotopic (exact) mass is 408 g/mol. The maximum atomic E-state index is 13.4. The van der Waals surface area contributed by atoms with Crippen LogP contribution in [-0.2, 0) is 16.4 Å². The van der Waals surface area contributed by atoms with E-state index in [-0.39, 0.29) is 16.5 Å². The zero-order valence-electron chi connectivity index (χ0n) is 15.2. The standard InChI is InChI=1S/C22H17FN2O3S/c23-17-12-10-16(11-13-17)21-22(18-8-4-5-9-19(18)29(24,26)27)28-20(25-21)14-15-6-2-1-3-7-15/h1-13H,14H2,(H2,24,26,27). The molecule has 0 atom stereocenters. The van der Waals surface area contributed by atoms with Gasteiger partial charge >= 0.3 is 0 Å². The van der Waals surface area contributed by atoms with Gasteiger partial charge in [0.1, 0.15) is 11.5 Å². The maximum absolute atomic E-state index is 13.4. The molecule has 0 saturated carbocycles. The molecule has 1 heterocycles. The van der Waals surface area contributed by atoms with E-state index in [0.717, 1.165) is 5.56 Å². The predicted octanol–water partition coefficient (Wildman–Crippen LogP) is 4.39. The lowest BCUT2D eigenvalue weighted by Gasteiger charge is -2.07. The van der Waals surface area contributed by atoms with Gasteiger partial charge in [-0.1, -0.05) is 42.5 Å². The second-order valence-electron chi connectivity index (χ2n) is 6.50.